The van der Waals surface area contributed by atoms with E-state index in [1.165, 1.54) is 4.90 Å². The van der Waals surface area contributed by atoms with Crippen LogP contribution in [0.1, 0.15) is 23.2 Å². The third-order valence-electron chi connectivity index (χ3n) is 3.79. The van der Waals surface area contributed by atoms with Gasteiger partial charge in [-0.15, -0.1) is 0 Å². The lowest BCUT2D eigenvalue weighted by molar-refractivity contribution is -0.0959. The van der Waals surface area contributed by atoms with E-state index in [1.807, 2.05) is 0 Å². The minimum atomic E-state index is -0.849. The van der Waals surface area contributed by atoms with Crippen molar-refractivity contribution in [1.29, 1.82) is 0 Å². The monoisotopic (exact) mass is 287 g/mol. The number of nitrogens with zero attached hydrogens (tertiary/aromatic N) is 1. The lowest BCUT2D eigenvalue weighted by atomic mass is 9.88. The van der Waals surface area contributed by atoms with Crippen LogP contribution in [-0.4, -0.2) is 34.6 Å². The molecule has 1 aliphatic heterocycles. The second-order valence-electron chi connectivity index (χ2n) is 5.29. The third kappa shape index (κ3) is 2.11. The molecular formula is C13H12ClF2NO2. The van der Waals surface area contributed by atoms with E-state index in [4.69, 9.17) is 11.6 Å². The number of halogens is 3. The van der Waals surface area contributed by atoms with Crippen molar-refractivity contribution in [3.63, 3.8) is 0 Å². The molecule has 1 aromatic carbocycles. The zero-order chi connectivity index (χ0) is 13.8. The van der Waals surface area contributed by atoms with Crippen molar-refractivity contribution in [3.05, 3.63) is 34.4 Å². The summed E-state index contributed by atoms with van der Waals surface area (Å²) in [6, 6.07) is 1.59. The molecule has 19 heavy (non-hydrogen) atoms. The Hall–Kier alpha value is -1.20. The van der Waals surface area contributed by atoms with Gasteiger partial charge in [-0.1, -0.05) is 11.6 Å². The Balaban J connectivity index is 1.77. The molecule has 1 amide bonds. The highest BCUT2D eigenvalue weighted by atomic mass is 35.5. The van der Waals surface area contributed by atoms with E-state index in [0.29, 0.717) is 0 Å². The second kappa shape index (κ2) is 4.15. The van der Waals surface area contributed by atoms with Gasteiger partial charge >= 0.3 is 0 Å². The summed E-state index contributed by atoms with van der Waals surface area (Å²) < 4.78 is 26.9. The van der Waals surface area contributed by atoms with E-state index in [9.17, 15) is 18.7 Å². The molecule has 0 radical (unpaired) electrons. The van der Waals surface area contributed by atoms with Gasteiger partial charge in [-0.2, -0.15) is 0 Å². The molecule has 1 saturated carbocycles. The number of β-amino-alcohol motifs (C(OH)–C–C–N with tert-alkyl or cyclic N) is 1. The standard InChI is InChI=1S/C13H12ClF2NO2/c14-9-4-10(15)8(3-11(9)16)12(18)17-5-13(19,6-17)7-1-2-7/h3-4,7,19H,1-2,5-6H2. The average Bonchev–Trinajstić information content (AvgIpc) is 3.13. The molecule has 0 atom stereocenters. The van der Waals surface area contributed by atoms with E-state index in [1.54, 1.807) is 0 Å². The number of carbonyl (C=O) groups is 1. The van der Waals surface area contributed by atoms with E-state index in [2.05, 4.69) is 0 Å². The number of aliphatic hydroxyl groups is 1. The summed E-state index contributed by atoms with van der Waals surface area (Å²) in [5.74, 6) is -2.05. The van der Waals surface area contributed by atoms with E-state index < -0.39 is 23.1 Å². The number of amides is 1. The number of hydrogen-bond acceptors (Lipinski definition) is 2. The maximum atomic E-state index is 13.6. The maximum Gasteiger partial charge on any atom is 0.257 e. The summed E-state index contributed by atoms with van der Waals surface area (Å²) in [6.45, 7) is 0.361. The van der Waals surface area contributed by atoms with Crippen molar-refractivity contribution in [1.82, 2.24) is 4.90 Å². The molecular weight excluding hydrogens is 276 g/mol. The molecule has 0 spiro atoms. The Kier molecular flexibility index (Phi) is 2.80. The first kappa shape index (κ1) is 12.8. The molecule has 0 unspecified atom stereocenters. The first-order chi connectivity index (χ1) is 8.90. The smallest absolute Gasteiger partial charge is 0.257 e. The Morgan fingerprint density at radius 2 is 1.95 bits per heavy atom. The van der Waals surface area contributed by atoms with Crippen molar-refractivity contribution in [2.45, 2.75) is 18.4 Å². The molecule has 1 aliphatic carbocycles. The predicted octanol–water partition coefficient (Wildman–Crippen LogP) is 2.22. The van der Waals surface area contributed by atoms with Crippen LogP contribution < -0.4 is 0 Å². The summed E-state index contributed by atoms with van der Waals surface area (Å²) in [5.41, 5.74) is -1.18. The van der Waals surface area contributed by atoms with Gasteiger partial charge in [-0.05, 0) is 30.9 Å². The van der Waals surface area contributed by atoms with Gasteiger partial charge in [0, 0.05) is 0 Å². The molecule has 1 aromatic rings. The molecule has 0 bridgehead atoms. The van der Waals surface area contributed by atoms with E-state index in [0.717, 1.165) is 25.0 Å². The lowest BCUT2D eigenvalue weighted by Crippen LogP contribution is -2.64. The van der Waals surface area contributed by atoms with Crippen LogP contribution in [0.4, 0.5) is 8.78 Å². The predicted molar refractivity (Wildman–Crippen MR) is 64.9 cm³/mol. The Labute approximate surface area is 113 Å². The molecule has 3 nitrogen and oxygen atoms in total. The Morgan fingerprint density at radius 3 is 2.53 bits per heavy atom. The van der Waals surface area contributed by atoms with Crippen molar-refractivity contribution >= 4 is 17.5 Å². The maximum absolute atomic E-state index is 13.6. The van der Waals surface area contributed by atoms with Crippen molar-refractivity contribution in [2.24, 2.45) is 5.92 Å². The van der Waals surface area contributed by atoms with Crippen molar-refractivity contribution in [3.8, 4) is 0 Å². The fourth-order valence-electron chi connectivity index (χ4n) is 2.49. The number of likely N-dealkylation sites (tertiary alicyclic amines) is 1. The lowest BCUT2D eigenvalue weighted by Gasteiger charge is -2.47. The van der Waals surface area contributed by atoms with Gasteiger partial charge in [0.2, 0.25) is 0 Å². The van der Waals surface area contributed by atoms with Crippen LogP contribution in [0.3, 0.4) is 0 Å². The van der Waals surface area contributed by atoms with Crippen LogP contribution in [0.2, 0.25) is 5.02 Å². The van der Waals surface area contributed by atoms with Gasteiger partial charge < -0.3 is 10.0 Å². The van der Waals surface area contributed by atoms with Crippen LogP contribution in [0.5, 0.6) is 0 Å². The van der Waals surface area contributed by atoms with Crippen molar-refractivity contribution < 1.29 is 18.7 Å². The largest absolute Gasteiger partial charge is 0.386 e. The molecule has 2 aliphatic rings. The van der Waals surface area contributed by atoms with Crippen LogP contribution in [0.25, 0.3) is 0 Å². The minimum Gasteiger partial charge on any atom is -0.386 e. The number of rotatable bonds is 2. The van der Waals surface area contributed by atoms with E-state index >= 15 is 0 Å². The molecule has 1 N–H and O–H groups in total. The summed E-state index contributed by atoms with van der Waals surface area (Å²) in [7, 11) is 0. The Morgan fingerprint density at radius 1 is 1.32 bits per heavy atom. The number of benzene rings is 1. The van der Waals surface area contributed by atoms with Gasteiger partial charge in [0.1, 0.15) is 17.2 Å². The second-order valence-corrected chi connectivity index (χ2v) is 5.69. The van der Waals surface area contributed by atoms with Crippen LogP contribution in [0, 0.1) is 17.6 Å². The summed E-state index contributed by atoms with van der Waals surface area (Å²) in [5, 5.41) is 9.75. The van der Waals surface area contributed by atoms with Crippen molar-refractivity contribution in [2.75, 3.05) is 13.1 Å². The van der Waals surface area contributed by atoms with Gasteiger partial charge in [0.05, 0.1) is 23.7 Å². The Bertz CT molecular complexity index is 554. The molecule has 2 fully saturated rings. The van der Waals surface area contributed by atoms with Crippen LogP contribution in [-0.2, 0) is 0 Å². The van der Waals surface area contributed by atoms with Gasteiger partial charge in [0.25, 0.3) is 5.91 Å². The van der Waals surface area contributed by atoms with Crippen LogP contribution in [0.15, 0.2) is 12.1 Å². The van der Waals surface area contributed by atoms with Gasteiger partial charge in [-0.25, -0.2) is 8.78 Å². The van der Waals surface area contributed by atoms with Gasteiger partial charge in [0.15, 0.2) is 0 Å². The number of carbonyl (C=O) groups excluding carboxylic acids is 1. The number of hydrogen-bond donors (Lipinski definition) is 1. The highest BCUT2D eigenvalue weighted by Gasteiger charge is 2.53. The summed E-state index contributed by atoms with van der Waals surface area (Å²) >= 11 is 5.43. The highest BCUT2D eigenvalue weighted by molar-refractivity contribution is 6.30. The quantitative estimate of drug-likeness (QED) is 0.847. The summed E-state index contributed by atoms with van der Waals surface area (Å²) in [4.78, 5) is 13.3. The van der Waals surface area contributed by atoms with Crippen LogP contribution >= 0.6 is 11.6 Å². The molecule has 6 heteroatoms. The average molecular weight is 288 g/mol. The molecule has 0 aromatic heterocycles. The minimum absolute atomic E-state index is 0.181. The van der Waals surface area contributed by atoms with E-state index in [-0.39, 0.29) is 29.6 Å². The SMILES string of the molecule is O=C(c1cc(F)c(Cl)cc1F)N1CC(O)(C2CC2)C1. The topological polar surface area (TPSA) is 40.5 Å². The zero-order valence-electron chi connectivity index (χ0n) is 10.00. The third-order valence-corrected chi connectivity index (χ3v) is 4.08. The first-order valence-electron chi connectivity index (χ1n) is 6.07. The molecule has 1 saturated heterocycles. The zero-order valence-corrected chi connectivity index (χ0v) is 10.8. The van der Waals surface area contributed by atoms with Gasteiger partial charge in [-0.3, -0.25) is 4.79 Å². The molecule has 1 heterocycles. The first-order valence-corrected chi connectivity index (χ1v) is 6.45. The molecule has 102 valence electrons. The normalized spacial score (nSPS) is 21.2. The molecule has 3 rings (SSSR count). The summed E-state index contributed by atoms with van der Waals surface area (Å²) in [6.07, 6.45) is 1.92. The fraction of sp³-hybridized carbons (Fsp3) is 0.462. The highest BCUT2D eigenvalue weighted by Crippen LogP contribution is 2.44. The fourth-order valence-corrected chi connectivity index (χ4v) is 2.64.